The highest BCUT2D eigenvalue weighted by Crippen LogP contribution is 2.12. The van der Waals surface area contributed by atoms with Gasteiger partial charge in [0.05, 0.1) is 12.0 Å². The van der Waals surface area contributed by atoms with Crippen LogP contribution in [0.3, 0.4) is 0 Å². The molecule has 0 saturated heterocycles. The topological polar surface area (TPSA) is 81.7 Å². The molecule has 0 bridgehead atoms. The van der Waals surface area contributed by atoms with Gasteiger partial charge in [0, 0.05) is 0 Å². The molecule has 6 nitrogen and oxygen atoms in total. The number of esters is 1. The predicted molar refractivity (Wildman–Crippen MR) is 73.2 cm³/mol. The molecule has 0 aliphatic heterocycles. The maximum absolute atomic E-state index is 11.9. The first-order valence-corrected chi connectivity index (χ1v) is 7.26. The third kappa shape index (κ3) is 4.44. The van der Waals surface area contributed by atoms with Crippen molar-refractivity contribution in [1.29, 1.82) is 0 Å². The molecule has 0 radical (unpaired) electrons. The van der Waals surface area contributed by atoms with Crippen molar-refractivity contribution >= 4 is 16.1 Å². The summed E-state index contributed by atoms with van der Waals surface area (Å²) in [4.78, 5) is 11.4. The second-order valence-electron chi connectivity index (χ2n) is 4.07. The number of carbonyl (C=O) groups is 1. The summed E-state index contributed by atoms with van der Waals surface area (Å²) in [5, 5.41) is 0. The molecule has 1 rings (SSSR count). The Morgan fingerprint density at radius 3 is 2.50 bits per heavy atom. The number of rotatable bonds is 7. The van der Waals surface area contributed by atoms with E-state index in [0.29, 0.717) is 0 Å². The van der Waals surface area contributed by atoms with Crippen molar-refractivity contribution in [3.8, 4) is 0 Å². The van der Waals surface area contributed by atoms with Gasteiger partial charge in [0.2, 0.25) is 0 Å². The Hall–Kier alpha value is -1.70. The number of hydrogen-bond acceptors (Lipinski definition) is 6. The summed E-state index contributed by atoms with van der Waals surface area (Å²) in [6.45, 7) is 5.32. The van der Waals surface area contributed by atoms with Gasteiger partial charge in [-0.3, -0.25) is 4.79 Å². The first-order valence-electron chi connectivity index (χ1n) is 5.85. The minimum absolute atomic E-state index is 0.00202. The van der Waals surface area contributed by atoms with Crippen molar-refractivity contribution in [2.24, 2.45) is 0 Å². The van der Waals surface area contributed by atoms with E-state index in [1.807, 2.05) is 6.92 Å². The lowest BCUT2D eigenvalue weighted by Crippen LogP contribution is -2.38. The summed E-state index contributed by atoms with van der Waals surface area (Å²) >= 11 is 0. The predicted octanol–water partition coefficient (Wildman–Crippen LogP) is 1.32. The summed E-state index contributed by atoms with van der Waals surface area (Å²) in [7, 11) is -2.78. The van der Waals surface area contributed by atoms with E-state index in [0.717, 1.165) is 5.56 Å². The molecule has 110 valence electrons. The Morgan fingerprint density at radius 2 is 2.00 bits per heavy atom. The van der Waals surface area contributed by atoms with Crippen molar-refractivity contribution in [1.82, 2.24) is 5.48 Å². The summed E-state index contributed by atoms with van der Waals surface area (Å²) in [6.07, 6.45) is 1.63. The van der Waals surface area contributed by atoms with Crippen LogP contribution in [-0.2, 0) is 23.9 Å². The van der Waals surface area contributed by atoms with Crippen LogP contribution in [-0.4, -0.2) is 27.5 Å². The summed E-state index contributed by atoms with van der Waals surface area (Å²) in [5.74, 6) is -0.635. The first-order chi connectivity index (χ1) is 9.40. The van der Waals surface area contributed by atoms with Gasteiger partial charge in [-0.2, -0.15) is 18.2 Å². The molecule has 0 heterocycles. The lowest BCUT2D eigenvalue weighted by atomic mass is 10.2. The van der Waals surface area contributed by atoms with Crippen LogP contribution in [0.2, 0.25) is 0 Å². The minimum Gasteiger partial charge on any atom is -0.468 e. The number of nitrogens with one attached hydrogen (secondary N) is 1. The number of methoxy groups -OCH3 is 1. The third-order valence-electron chi connectivity index (χ3n) is 2.50. The van der Waals surface area contributed by atoms with Crippen molar-refractivity contribution in [2.75, 3.05) is 7.11 Å². The van der Waals surface area contributed by atoms with Crippen molar-refractivity contribution < 1.29 is 22.2 Å². The van der Waals surface area contributed by atoms with Crippen molar-refractivity contribution in [3.05, 3.63) is 42.5 Å². The van der Waals surface area contributed by atoms with Gasteiger partial charge in [0.25, 0.3) is 0 Å². The fraction of sp³-hybridized carbons (Fsp3) is 0.308. The Labute approximate surface area is 118 Å². The maximum Gasteiger partial charge on any atom is 0.325 e. The largest absolute Gasteiger partial charge is 0.468 e. The second-order valence-corrected chi connectivity index (χ2v) is 5.61. The molecule has 1 aromatic carbocycles. The molecule has 1 aromatic rings. The van der Waals surface area contributed by atoms with Crippen LogP contribution in [0.25, 0.3) is 0 Å². The Kier molecular flexibility index (Phi) is 5.87. The number of hydroxylamine groups is 1. The molecule has 0 spiro atoms. The molecule has 0 amide bonds. The van der Waals surface area contributed by atoms with Gasteiger partial charge in [-0.05, 0) is 25.5 Å². The second kappa shape index (κ2) is 7.18. The number of hydrogen-bond donors (Lipinski definition) is 1. The summed E-state index contributed by atoms with van der Waals surface area (Å²) in [6, 6.07) is 5.22. The van der Waals surface area contributed by atoms with Crippen LogP contribution in [0.15, 0.2) is 41.8 Å². The van der Waals surface area contributed by atoms with E-state index in [1.165, 1.54) is 25.3 Å². The molecule has 1 atom stereocenters. The normalized spacial score (nSPS) is 12.7. The van der Waals surface area contributed by atoms with Crippen LogP contribution in [0.4, 0.5) is 0 Å². The number of aryl methyl sites for hydroxylation is 1. The third-order valence-corrected chi connectivity index (χ3v) is 3.66. The van der Waals surface area contributed by atoms with E-state index in [-0.39, 0.29) is 11.3 Å². The zero-order valence-electron chi connectivity index (χ0n) is 11.3. The van der Waals surface area contributed by atoms with Crippen molar-refractivity contribution in [2.45, 2.75) is 24.3 Å². The minimum atomic E-state index is -3.99. The van der Waals surface area contributed by atoms with E-state index in [2.05, 4.69) is 21.1 Å². The van der Waals surface area contributed by atoms with Gasteiger partial charge < -0.3 is 4.74 Å². The Morgan fingerprint density at radius 1 is 1.40 bits per heavy atom. The zero-order chi connectivity index (χ0) is 15.2. The van der Waals surface area contributed by atoms with E-state index < -0.39 is 22.1 Å². The highest BCUT2D eigenvalue weighted by atomic mass is 32.2. The molecule has 0 fully saturated rings. The van der Waals surface area contributed by atoms with E-state index >= 15 is 0 Å². The molecular weight excluding hydrogens is 282 g/mol. The lowest BCUT2D eigenvalue weighted by molar-refractivity contribution is -0.145. The van der Waals surface area contributed by atoms with E-state index in [1.54, 1.807) is 12.1 Å². The molecule has 7 heteroatoms. The Balaban J connectivity index is 2.77. The summed E-state index contributed by atoms with van der Waals surface area (Å²) < 4.78 is 33.0. The van der Waals surface area contributed by atoms with Gasteiger partial charge in [-0.1, -0.05) is 23.8 Å². The molecular formula is C13H17NO5S. The number of carbonyl (C=O) groups excluding carboxylic acids is 1. The summed E-state index contributed by atoms with van der Waals surface area (Å²) in [5.41, 5.74) is 3.12. The highest BCUT2D eigenvalue weighted by Gasteiger charge is 2.22. The van der Waals surface area contributed by atoms with E-state index in [9.17, 15) is 13.2 Å². The fourth-order valence-corrected chi connectivity index (χ4v) is 2.18. The smallest absolute Gasteiger partial charge is 0.325 e. The van der Waals surface area contributed by atoms with Crippen LogP contribution in [0.5, 0.6) is 0 Å². The zero-order valence-corrected chi connectivity index (χ0v) is 12.1. The molecule has 20 heavy (non-hydrogen) atoms. The van der Waals surface area contributed by atoms with Gasteiger partial charge in [-0.25, -0.2) is 0 Å². The average Bonchev–Trinajstić information content (AvgIpc) is 2.43. The van der Waals surface area contributed by atoms with Crippen LogP contribution in [0.1, 0.15) is 12.0 Å². The lowest BCUT2D eigenvalue weighted by Gasteiger charge is -2.14. The molecule has 0 aliphatic carbocycles. The first kappa shape index (κ1) is 16.4. The molecule has 0 aromatic heterocycles. The fourth-order valence-electron chi connectivity index (χ4n) is 1.38. The number of ether oxygens (including phenoxy) is 1. The SMILES string of the molecule is C=CCC(NOS(=O)(=O)c1ccc(C)cc1)C(=O)OC. The van der Waals surface area contributed by atoms with Gasteiger partial charge in [0.1, 0.15) is 6.04 Å². The number of benzene rings is 1. The van der Waals surface area contributed by atoms with Gasteiger partial charge in [-0.15, -0.1) is 6.58 Å². The van der Waals surface area contributed by atoms with Gasteiger partial charge >= 0.3 is 16.1 Å². The van der Waals surface area contributed by atoms with Crippen LogP contribution < -0.4 is 5.48 Å². The average molecular weight is 299 g/mol. The standard InChI is InChI=1S/C13H17NO5S/c1-4-5-12(13(15)18-3)14-19-20(16,17)11-8-6-10(2)7-9-11/h4,6-9,12,14H,1,5H2,2-3H3. The molecule has 0 aliphatic rings. The maximum atomic E-state index is 11.9. The van der Waals surface area contributed by atoms with Crippen LogP contribution >= 0.6 is 0 Å². The van der Waals surface area contributed by atoms with Gasteiger partial charge in [0.15, 0.2) is 0 Å². The van der Waals surface area contributed by atoms with Crippen molar-refractivity contribution in [3.63, 3.8) is 0 Å². The molecule has 0 saturated carbocycles. The Bertz CT molecular complexity index is 565. The van der Waals surface area contributed by atoms with Crippen LogP contribution in [0, 0.1) is 6.92 Å². The monoisotopic (exact) mass is 299 g/mol. The molecule has 1 unspecified atom stereocenters. The van der Waals surface area contributed by atoms with E-state index in [4.69, 9.17) is 0 Å². The highest BCUT2D eigenvalue weighted by molar-refractivity contribution is 7.86. The quantitative estimate of drug-likeness (QED) is 0.464. The molecule has 1 N–H and O–H groups in total.